The van der Waals surface area contributed by atoms with E-state index in [1.165, 1.54) is 13.4 Å². The summed E-state index contributed by atoms with van der Waals surface area (Å²) in [6.45, 7) is 0.989. The monoisotopic (exact) mass is 241 g/mol. The molecule has 6 heteroatoms. The van der Waals surface area contributed by atoms with Crippen molar-refractivity contribution in [3.05, 3.63) is 16.7 Å². The number of hydrogen-bond acceptors (Lipinski definition) is 5. The number of ether oxygens (including phenoxy) is 1. The van der Waals surface area contributed by atoms with Crippen molar-refractivity contribution in [2.75, 3.05) is 32.2 Å². The lowest BCUT2D eigenvalue weighted by molar-refractivity contribution is 0.283. The molecule has 6 nitrogen and oxygen atoms in total. The van der Waals surface area contributed by atoms with Crippen molar-refractivity contribution < 1.29 is 9.84 Å². The smallest absolute Gasteiger partial charge is 0.295 e. The Morgan fingerprint density at radius 3 is 2.88 bits per heavy atom. The van der Waals surface area contributed by atoms with Crippen molar-refractivity contribution in [3.8, 4) is 5.75 Å². The van der Waals surface area contributed by atoms with Crippen LogP contribution < -0.4 is 15.2 Å². The van der Waals surface area contributed by atoms with Crippen molar-refractivity contribution in [2.24, 2.45) is 0 Å². The summed E-state index contributed by atoms with van der Waals surface area (Å²) in [6, 6.07) is 0. The molecule has 0 saturated heterocycles. The first-order valence-corrected chi connectivity index (χ1v) is 5.64. The molecule has 0 bridgehead atoms. The summed E-state index contributed by atoms with van der Waals surface area (Å²) in [4.78, 5) is 19.9. The van der Waals surface area contributed by atoms with Crippen molar-refractivity contribution in [2.45, 2.75) is 19.3 Å². The Balaban J connectivity index is 2.65. The van der Waals surface area contributed by atoms with Gasteiger partial charge < -0.3 is 19.7 Å². The number of methoxy groups -OCH3 is 1. The molecule has 0 saturated carbocycles. The minimum absolute atomic E-state index is 0.219. The molecule has 0 unspecified atom stereocenters. The average molecular weight is 241 g/mol. The number of aliphatic hydroxyl groups excluding tert-OH is 1. The number of aromatic amines is 1. The van der Waals surface area contributed by atoms with Crippen LogP contribution in [0, 0.1) is 0 Å². The van der Waals surface area contributed by atoms with Crippen LogP contribution in [0.15, 0.2) is 11.1 Å². The molecule has 0 aromatic carbocycles. The van der Waals surface area contributed by atoms with Crippen LogP contribution in [-0.2, 0) is 0 Å². The highest BCUT2D eigenvalue weighted by atomic mass is 16.5. The lowest BCUT2D eigenvalue weighted by Crippen LogP contribution is -2.24. The van der Waals surface area contributed by atoms with Crippen LogP contribution in [0.3, 0.4) is 0 Å². The summed E-state index contributed by atoms with van der Waals surface area (Å²) < 4.78 is 5.04. The van der Waals surface area contributed by atoms with E-state index in [4.69, 9.17) is 9.84 Å². The molecular formula is C11H19N3O3. The van der Waals surface area contributed by atoms with Crippen molar-refractivity contribution in [3.63, 3.8) is 0 Å². The van der Waals surface area contributed by atoms with E-state index in [0.29, 0.717) is 5.82 Å². The van der Waals surface area contributed by atoms with Gasteiger partial charge in [0.25, 0.3) is 5.56 Å². The lowest BCUT2D eigenvalue weighted by Gasteiger charge is -2.19. The molecular weight excluding hydrogens is 222 g/mol. The van der Waals surface area contributed by atoms with Gasteiger partial charge in [0.05, 0.1) is 13.4 Å². The number of nitrogens with zero attached hydrogens (tertiary/aromatic N) is 2. The van der Waals surface area contributed by atoms with Gasteiger partial charge in [-0.3, -0.25) is 4.79 Å². The van der Waals surface area contributed by atoms with Gasteiger partial charge in [-0.15, -0.1) is 0 Å². The molecule has 0 spiro atoms. The van der Waals surface area contributed by atoms with Crippen LogP contribution in [-0.4, -0.2) is 42.4 Å². The van der Waals surface area contributed by atoms with Crippen molar-refractivity contribution in [1.82, 2.24) is 9.97 Å². The number of hydrogen-bond donors (Lipinski definition) is 2. The fourth-order valence-corrected chi connectivity index (χ4v) is 1.58. The van der Waals surface area contributed by atoms with Crippen LogP contribution >= 0.6 is 0 Å². The molecule has 0 aliphatic heterocycles. The zero-order chi connectivity index (χ0) is 12.7. The Kier molecular flexibility index (Phi) is 5.48. The molecule has 1 aromatic rings. The van der Waals surface area contributed by atoms with E-state index < -0.39 is 0 Å². The quantitative estimate of drug-likeness (QED) is 0.675. The maximum Gasteiger partial charge on any atom is 0.295 e. The average Bonchev–Trinajstić information content (AvgIpc) is 2.34. The first-order chi connectivity index (χ1) is 8.20. The second-order valence-corrected chi connectivity index (χ2v) is 3.79. The minimum Gasteiger partial charge on any atom is -0.489 e. The summed E-state index contributed by atoms with van der Waals surface area (Å²) in [5.41, 5.74) is -0.278. The van der Waals surface area contributed by atoms with Gasteiger partial charge in [0.2, 0.25) is 5.75 Å². The maximum absolute atomic E-state index is 11.5. The second-order valence-electron chi connectivity index (χ2n) is 3.79. The predicted molar refractivity (Wildman–Crippen MR) is 65.6 cm³/mol. The van der Waals surface area contributed by atoms with E-state index in [1.807, 2.05) is 11.9 Å². The van der Waals surface area contributed by atoms with E-state index >= 15 is 0 Å². The maximum atomic E-state index is 11.5. The number of aliphatic hydroxyl groups is 1. The van der Waals surface area contributed by atoms with E-state index in [-0.39, 0.29) is 17.9 Å². The number of rotatable bonds is 7. The van der Waals surface area contributed by atoms with Crippen LogP contribution in [0.5, 0.6) is 5.75 Å². The Bertz CT molecular complexity index is 392. The Morgan fingerprint density at radius 1 is 1.47 bits per heavy atom. The van der Waals surface area contributed by atoms with E-state index in [2.05, 4.69) is 9.97 Å². The first-order valence-electron chi connectivity index (χ1n) is 5.64. The topological polar surface area (TPSA) is 78.5 Å². The van der Waals surface area contributed by atoms with E-state index in [9.17, 15) is 4.79 Å². The van der Waals surface area contributed by atoms with Gasteiger partial charge in [-0.05, 0) is 19.3 Å². The molecule has 0 aliphatic carbocycles. The highest BCUT2D eigenvalue weighted by molar-refractivity contribution is 5.49. The fraction of sp³-hybridized carbons (Fsp3) is 0.636. The summed E-state index contributed by atoms with van der Waals surface area (Å²) in [5, 5.41) is 8.68. The summed E-state index contributed by atoms with van der Waals surface area (Å²) >= 11 is 0. The van der Waals surface area contributed by atoms with E-state index in [1.54, 1.807) is 0 Å². The van der Waals surface area contributed by atoms with Gasteiger partial charge >= 0.3 is 0 Å². The van der Waals surface area contributed by atoms with Crippen molar-refractivity contribution in [1.29, 1.82) is 0 Å². The number of anilines is 1. The number of aromatic nitrogens is 2. The molecule has 0 atom stereocenters. The second kappa shape index (κ2) is 6.90. The highest BCUT2D eigenvalue weighted by Crippen LogP contribution is 2.19. The molecule has 96 valence electrons. The molecule has 0 amide bonds. The summed E-state index contributed by atoms with van der Waals surface area (Å²) in [6.07, 6.45) is 4.05. The SMILES string of the molecule is COc1c(N(C)CCCCCO)nc[nH]c1=O. The third-order valence-electron chi connectivity index (χ3n) is 2.51. The highest BCUT2D eigenvalue weighted by Gasteiger charge is 2.12. The third-order valence-corrected chi connectivity index (χ3v) is 2.51. The number of nitrogens with one attached hydrogen (secondary N) is 1. The Hall–Kier alpha value is -1.56. The first kappa shape index (κ1) is 13.5. The Morgan fingerprint density at radius 2 is 2.24 bits per heavy atom. The normalized spacial score (nSPS) is 10.3. The molecule has 1 aromatic heterocycles. The van der Waals surface area contributed by atoms with Crippen molar-refractivity contribution >= 4 is 5.82 Å². The number of H-pyrrole nitrogens is 1. The zero-order valence-corrected chi connectivity index (χ0v) is 10.3. The molecule has 0 radical (unpaired) electrons. The van der Waals surface area contributed by atoms with Gasteiger partial charge in [-0.25, -0.2) is 4.98 Å². The predicted octanol–water partition coefficient (Wildman–Crippen LogP) is 0.377. The van der Waals surface area contributed by atoms with Gasteiger partial charge in [0.15, 0.2) is 5.82 Å². The fourth-order valence-electron chi connectivity index (χ4n) is 1.58. The Labute approximate surface area is 100 Å². The molecule has 17 heavy (non-hydrogen) atoms. The lowest BCUT2D eigenvalue weighted by atomic mass is 10.2. The van der Waals surface area contributed by atoms with Gasteiger partial charge in [0, 0.05) is 20.2 Å². The summed E-state index contributed by atoms with van der Waals surface area (Å²) in [7, 11) is 3.32. The molecule has 0 fully saturated rings. The van der Waals surface area contributed by atoms with Gasteiger partial charge in [-0.1, -0.05) is 0 Å². The molecule has 1 rings (SSSR count). The van der Waals surface area contributed by atoms with Crippen LogP contribution in [0.4, 0.5) is 5.82 Å². The van der Waals surface area contributed by atoms with E-state index in [0.717, 1.165) is 25.8 Å². The minimum atomic E-state index is -0.278. The van der Waals surface area contributed by atoms with Crippen LogP contribution in [0.1, 0.15) is 19.3 Å². The molecule has 1 heterocycles. The van der Waals surface area contributed by atoms with Gasteiger partial charge in [-0.2, -0.15) is 0 Å². The molecule has 0 aliphatic rings. The van der Waals surface area contributed by atoms with Crippen LogP contribution in [0.2, 0.25) is 0 Å². The van der Waals surface area contributed by atoms with Crippen LogP contribution in [0.25, 0.3) is 0 Å². The third kappa shape index (κ3) is 3.74. The molecule has 2 N–H and O–H groups in total. The van der Waals surface area contributed by atoms with Gasteiger partial charge in [0.1, 0.15) is 0 Å². The summed E-state index contributed by atoms with van der Waals surface area (Å²) in [5.74, 6) is 0.775. The number of unbranched alkanes of at least 4 members (excludes halogenated alkanes) is 2. The zero-order valence-electron chi connectivity index (χ0n) is 10.3. The standard InChI is InChI=1S/C11H19N3O3/c1-14(6-4-3-5-7-15)10-9(17-2)11(16)13-8-12-10/h8,15H,3-7H2,1-2H3,(H,12,13,16). The largest absolute Gasteiger partial charge is 0.489 e.